The molecule has 0 fully saturated rings. The van der Waals surface area contributed by atoms with Gasteiger partial charge in [-0.05, 0) is 30.3 Å². The van der Waals surface area contributed by atoms with Crippen LogP contribution in [-0.2, 0) is 6.54 Å². The highest BCUT2D eigenvalue weighted by Crippen LogP contribution is 2.06. The van der Waals surface area contributed by atoms with Crippen molar-refractivity contribution in [2.75, 3.05) is 5.43 Å². The normalized spacial score (nSPS) is 10.4. The van der Waals surface area contributed by atoms with Gasteiger partial charge in [0.25, 0.3) is 0 Å². The molecule has 3 aromatic rings. The van der Waals surface area contributed by atoms with Crippen LogP contribution in [0.4, 0.5) is 0 Å². The van der Waals surface area contributed by atoms with Crippen molar-refractivity contribution < 1.29 is 0 Å². The topological polar surface area (TPSA) is 34.8 Å². The second-order valence-corrected chi connectivity index (χ2v) is 4.01. The number of rotatable bonds is 4. The molecule has 0 aliphatic heterocycles. The monoisotopic (exact) mass is 238 g/mol. The lowest BCUT2D eigenvalue weighted by Crippen LogP contribution is -2.12. The van der Waals surface area contributed by atoms with E-state index >= 15 is 0 Å². The van der Waals surface area contributed by atoms with Crippen LogP contribution in [0.1, 0.15) is 5.69 Å². The first-order valence-electron chi connectivity index (χ1n) is 5.89. The van der Waals surface area contributed by atoms with Crippen LogP contribution in [0.25, 0.3) is 5.69 Å². The molecule has 0 unspecified atom stereocenters. The van der Waals surface area contributed by atoms with Crippen LogP contribution >= 0.6 is 0 Å². The van der Waals surface area contributed by atoms with Crippen LogP contribution in [0.2, 0.25) is 0 Å². The molecule has 0 amide bonds. The molecule has 0 aliphatic rings. The highest BCUT2D eigenvalue weighted by molar-refractivity contribution is 5.30. The van der Waals surface area contributed by atoms with Gasteiger partial charge in [-0.3, -0.25) is 4.68 Å². The molecule has 90 valence electrons. The van der Waals surface area contributed by atoms with E-state index in [-0.39, 0.29) is 0 Å². The lowest BCUT2D eigenvalue weighted by molar-refractivity contribution is 0.792. The van der Waals surface area contributed by atoms with Crippen LogP contribution in [0, 0.1) is 0 Å². The molecule has 0 bridgehead atoms. The molecule has 2 aromatic heterocycles. The number of hydrogen-bond acceptors (Lipinski definition) is 2. The van der Waals surface area contributed by atoms with Crippen LogP contribution < -0.4 is 5.43 Å². The molecule has 1 N–H and O–H groups in total. The summed E-state index contributed by atoms with van der Waals surface area (Å²) < 4.78 is 3.80. The zero-order valence-electron chi connectivity index (χ0n) is 9.90. The standard InChI is InChI=1S/C14H14N4/c1-2-6-14(7-3-1)18-11-8-13(16-18)12-15-17-9-4-5-10-17/h1-11,15H,12H2. The molecular weight excluding hydrogens is 224 g/mol. The van der Waals surface area contributed by atoms with E-state index in [1.54, 1.807) is 0 Å². The Hall–Kier alpha value is -2.49. The summed E-state index contributed by atoms with van der Waals surface area (Å²) in [5.74, 6) is 0. The third kappa shape index (κ3) is 2.27. The number of benzene rings is 1. The molecule has 0 aliphatic carbocycles. The Morgan fingerprint density at radius 2 is 1.67 bits per heavy atom. The molecule has 4 heteroatoms. The van der Waals surface area contributed by atoms with E-state index in [2.05, 4.69) is 10.5 Å². The Labute approximate surface area is 105 Å². The van der Waals surface area contributed by atoms with Gasteiger partial charge in [0, 0.05) is 18.6 Å². The van der Waals surface area contributed by atoms with E-state index in [1.807, 2.05) is 76.5 Å². The first-order chi connectivity index (χ1) is 8.92. The summed E-state index contributed by atoms with van der Waals surface area (Å²) in [4.78, 5) is 0. The molecule has 0 spiro atoms. The summed E-state index contributed by atoms with van der Waals surface area (Å²) in [7, 11) is 0. The summed E-state index contributed by atoms with van der Waals surface area (Å²) in [6.45, 7) is 0.703. The first-order valence-corrected chi connectivity index (χ1v) is 5.89. The first kappa shape index (κ1) is 10.7. The molecular formula is C14H14N4. The van der Waals surface area contributed by atoms with Crippen LogP contribution in [0.15, 0.2) is 67.1 Å². The second-order valence-electron chi connectivity index (χ2n) is 4.01. The minimum absolute atomic E-state index is 0.703. The Bertz CT molecular complexity index is 596. The van der Waals surface area contributed by atoms with Crippen LogP contribution in [0.5, 0.6) is 0 Å². The number of hydrogen-bond donors (Lipinski definition) is 1. The van der Waals surface area contributed by atoms with Gasteiger partial charge in [0.05, 0.1) is 17.9 Å². The average molecular weight is 238 g/mol. The Balaban J connectivity index is 1.70. The Morgan fingerprint density at radius 1 is 0.889 bits per heavy atom. The van der Waals surface area contributed by atoms with E-state index in [0.29, 0.717) is 6.54 Å². The van der Waals surface area contributed by atoms with Crippen molar-refractivity contribution in [1.29, 1.82) is 0 Å². The van der Waals surface area contributed by atoms with Crippen molar-refractivity contribution >= 4 is 0 Å². The predicted octanol–water partition coefficient (Wildman–Crippen LogP) is 2.42. The largest absolute Gasteiger partial charge is 0.320 e. The van der Waals surface area contributed by atoms with Gasteiger partial charge >= 0.3 is 0 Å². The van der Waals surface area contributed by atoms with E-state index in [4.69, 9.17) is 0 Å². The SMILES string of the molecule is c1ccc(-n2ccc(CNn3cccc3)n2)cc1. The molecule has 0 radical (unpaired) electrons. The smallest absolute Gasteiger partial charge is 0.0836 e. The summed E-state index contributed by atoms with van der Waals surface area (Å²) in [5, 5.41) is 4.52. The molecule has 3 rings (SSSR count). The molecule has 1 aromatic carbocycles. The number of para-hydroxylation sites is 1. The zero-order valence-corrected chi connectivity index (χ0v) is 9.90. The second kappa shape index (κ2) is 4.79. The zero-order chi connectivity index (χ0) is 12.2. The van der Waals surface area contributed by atoms with Gasteiger partial charge in [0.15, 0.2) is 0 Å². The minimum atomic E-state index is 0.703. The summed E-state index contributed by atoms with van der Waals surface area (Å²) in [5.41, 5.74) is 5.33. The maximum atomic E-state index is 4.52. The van der Waals surface area contributed by atoms with Gasteiger partial charge < -0.3 is 5.43 Å². The van der Waals surface area contributed by atoms with Gasteiger partial charge in [-0.2, -0.15) is 5.10 Å². The van der Waals surface area contributed by atoms with Gasteiger partial charge in [0.2, 0.25) is 0 Å². The molecule has 0 saturated carbocycles. The van der Waals surface area contributed by atoms with E-state index < -0.39 is 0 Å². The van der Waals surface area contributed by atoms with Crippen LogP contribution in [-0.4, -0.2) is 14.5 Å². The minimum Gasteiger partial charge on any atom is -0.320 e. The fourth-order valence-corrected chi connectivity index (χ4v) is 1.79. The van der Waals surface area contributed by atoms with Gasteiger partial charge in [-0.1, -0.05) is 18.2 Å². The molecule has 4 nitrogen and oxygen atoms in total. The van der Waals surface area contributed by atoms with Crippen molar-refractivity contribution in [3.05, 3.63) is 72.8 Å². The number of nitrogens with zero attached hydrogens (tertiary/aromatic N) is 3. The van der Waals surface area contributed by atoms with Crippen molar-refractivity contribution in [2.24, 2.45) is 0 Å². The maximum Gasteiger partial charge on any atom is 0.0836 e. The summed E-state index contributed by atoms with van der Waals surface area (Å²) >= 11 is 0. The third-order valence-corrected chi connectivity index (χ3v) is 2.71. The third-order valence-electron chi connectivity index (χ3n) is 2.71. The number of nitrogens with one attached hydrogen (secondary N) is 1. The predicted molar refractivity (Wildman–Crippen MR) is 71.1 cm³/mol. The quantitative estimate of drug-likeness (QED) is 0.757. The van der Waals surface area contributed by atoms with E-state index in [0.717, 1.165) is 11.4 Å². The molecule has 2 heterocycles. The lowest BCUT2D eigenvalue weighted by atomic mass is 10.3. The van der Waals surface area contributed by atoms with Gasteiger partial charge in [-0.25, -0.2) is 4.68 Å². The molecule has 18 heavy (non-hydrogen) atoms. The van der Waals surface area contributed by atoms with Crippen molar-refractivity contribution in [1.82, 2.24) is 14.5 Å². The maximum absolute atomic E-state index is 4.52. The van der Waals surface area contributed by atoms with Crippen molar-refractivity contribution in [2.45, 2.75) is 6.54 Å². The number of aromatic nitrogens is 3. The highest BCUT2D eigenvalue weighted by Gasteiger charge is 2.00. The summed E-state index contributed by atoms with van der Waals surface area (Å²) in [6, 6.07) is 16.1. The molecule has 0 atom stereocenters. The average Bonchev–Trinajstić information content (AvgIpc) is 3.09. The highest BCUT2D eigenvalue weighted by atomic mass is 15.4. The van der Waals surface area contributed by atoms with Gasteiger partial charge in [-0.15, -0.1) is 0 Å². The lowest BCUT2D eigenvalue weighted by Gasteiger charge is -2.04. The summed E-state index contributed by atoms with van der Waals surface area (Å²) in [6.07, 6.45) is 5.91. The van der Waals surface area contributed by atoms with Crippen molar-refractivity contribution in [3.63, 3.8) is 0 Å². The van der Waals surface area contributed by atoms with Crippen molar-refractivity contribution in [3.8, 4) is 5.69 Å². The molecule has 0 saturated heterocycles. The Morgan fingerprint density at radius 3 is 2.44 bits per heavy atom. The Kier molecular flexibility index (Phi) is 2.84. The van der Waals surface area contributed by atoms with Gasteiger partial charge in [0.1, 0.15) is 0 Å². The van der Waals surface area contributed by atoms with Crippen LogP contribution in [0.3, 0.4) is 0 Å². The fraction of sp³-hybridized carbons (Fsp3) is 0.0714. The van der Waals surface area contributed by atoms with E-state index in [9.17, 15) is 0 Å². The fourth-order valence-electron chi connectivity index (χ4n) is 1.79. The van der Waals surface area contributed by atoms with E-state index in [1.165, 1.54) is 0 Å².